The SMILES string of the molecule is CCCn1nccc1-c1cnc2n1CCNC2. The molecule has 1 aliphatic rings. The summed E-state index contributed by atoms with van der Waals surface area (Å²) in [5.74, 6) is 1.12. The van der Waals surface area contributed by atoms with E-state index >= 15 is 0 Å². The number of imidazole rings is 1. The Morgan fingerprint density at radius 1 is 1.41 bits per heavy atom. The zero-order chi connectivity index (χ0) is 11.7. The minimum Gasteiger partial charge on any atom is -0.324 e. The van der Waals surface area contributed by atoms with Gasteiger partial charge in [0.25, 0.3) is 0 Å². The van der Waals surface area contributed by atoms with Crippen molar-refractivity contribution in [3.63, 3.8) is 0 Å². The lowest BCUT2D eigenvalue weighted by atomic mass is 10.3. The molecule has 0 saturated carbocycles. The first-order valence-electron chi connectivity index (χ1n) is 6.17. The lowest BCUT2D eigenvalue weighted by molar-refractivity contribution is 0.506. The lowest BCUT2D eigenvalue weighted by Gasteiger charge is -2.17. The highest BCUT2D eigenvalue weighted by Gasteiger charge is 2.16. The highest BCUT2D eigenvalue weighted by atomic mass is 15.3. The molecule has 90 valence electrons. The van der Waals surface area contributed by atoms with Crippen LogP contribution in [0.2, 0.25) is 0 Å². The Labute approximate surface area is 100 Å². The van der Waals surface area contributed by atoms with Crippen LogP contribution in [0.5, 0.6) is 0 Å². The average Bonchev–Trinajstić information content (AvgIpc) is 2.95. The first-order chi connectivity index (χ1) is 8.40. The minimum atomic E-state index is 0.863. The summed E-state index contributed by atoms with van der Waals surface area (Å²) in [7, 11) is 0. The van der Waals surface area contributed by atoms with Crippen LogP contribution in [0.25, 0.3) is 11.4 Å². The van der Waals surface area contributed by atoms with Gasteiger partial charge in [-0.2, -0.15) is 5.10 Å². The molecule has 0 fully saturated rings. The first kappa shape index (κ1) is 10.5. The Morgan fingerprint density at radius 3 is 3.24 bits per heavy atom. The molecule has 0 amide bonds. The molecule has 1 aliphatic heterocycles. The second kappa shape index (κ2) is 4.33. The van der Waals surface area contributed by atoms with Crippen molar-refractivity contribution >= 4 is 0 Å². The van der Waals surface area contributed by atoms with E-state index in [-0.39, 0.29) is 0 Å². The van der Waals surface area contributed by atoms with Gasteiger partial charge in [0.05, 0.1) is 24.1 Å². The van der Waals surface area contributed by atoms with Crippen molar-refractivity contribution in [1.29, 1.82) is 0 Å². The second-order valence-electron chi connectivity index (χ2n) is 4.33. The van der Waals surface area contributed by atoms with Crippen LogP contribution in [-0.4, -0.2) is 25.9 Å². The van der Waals surface area contributed by atoms with E-state index in [1.54, 1.807) is 0 Å². The van der Waals surface area contributed by atoms with Gasteiger partial charge in [0.15, 0.2) is 0 Å². The molecule has 0 unspecified atom stereocenters. The van der Waals surface area contributed by atoms with Crippen LogP contribution in [0.3, 0.4) is 0 Å². The van der Waals surface area contributed by atoms with Gasteiger partial charge in [0, 0.05) is 25.8 Å². The number of aryl methyl sites for hydroxylation is 1. The van der Waals surface area contributed by atoms with Crippen LogP contribution in [-0.2, 0) is 19.6 Å². The van der Waals surface area contributed by atoms with Crippen molar-refractivity contribution in [2.45, 2.75) is 33.0 Å². The zero-order valence-electron chi connectivity index (χ0n) is 10.1. The fourth-order valence-corrected chi connectivity index (χ4v) is 2.34. The van der Waals surface area contributed by atoms with Gasteiger partial charge in [-0.05, 0) is 12.5 Å². The summed E-state index contributed by atoms with van der Waals surface area (Å²) in [5, 5.41) is 7.70. The smallest absolute Gasteiger partial charge is 0.123 e. The van der Waals surface area contributed by atoms with E-state index in [1.165, 1.54) is 11.4 Å². The summed E-state index contributed by atoms with van der Waals surface area (Å²) < 4.78 is 4.35. The molecule has 5 nitrogen and oxygen atoms in total. The molecular weight excluding hydrogens is 214 g/mol. The number of aromatic nitrogens is 4. The normalized spacial score (nSPS) is 14.9. The molecule has 0 atom stereocenters. The van der Waals surface area contributed by atoms with Gasteiger partial charge in [0.2, 0.25) is 0 Å². The Bertz CT molecular complexity index is 511. The highest BCUT2D eigenvalue weighted by molar-refractivity contribution is 5.54. The number of nitrogens with one attached hydrogen (secondary N) is 1. The maximum Gasteiger partial charge on any atom is 0.123 e. The van der Waals surface area contributed by atoms with E-state index < -0.39 is 0 Å². The average molecular weight is 231 g/mol. The molecule has 1 N–H and O–H groups in total. The number of rotatable bonds is 3. The van der Waals surface area contributed by atoms with Crippen LogP contribution in [0.1, 0.15) is 19.2 Å². The first-order valence-corrected chi connectivity index (χ1v) is 6.17. The van der Waals surface area contributed by atoms with E-state index in [9.17, 15) is 0 Å². The molecule has 5 heteroatoms. The number of nitrogens with zero attached hydrogens (tertiary/aromatic N) is 4. The largest absolute Gasteiger partial charge is 0.324 e. The molecule has 0 radical (unpaired) electrons. The van der Waals surface area contributed by atoms with Gasteiger partial charge < -0.3 is 9.88 Å². The maximum atomic E-state index is 4.47. The van der Waals surface area contributed by atoms with Gasteiger partial charge in [-0.3, -0.25) is 4.68 Å². The van der Waals surface area contributed by atoms with Gasteiger partial charge in [-0.25, -0.2) is 4.98 Å². The third kappa shape index (κ3) is 1.76. The molecule has 0 aliphatic carbocycles. The predicted molar refractivity (Wildman–Crippen MR) is 65.4 cm³/mol. The molecule has 0 aromatic carbocycles. The summed E-state index contributed by atoms with van der Waals surface area (Å²) in [6.07, 6.45) is 4.93. The Kier molecular flexibility index (Phi) is 2.68. The van der Waals surface area contributed by atoms with Gasteiger partial charge >= 0.3 is 0 Å². The van der Waals surface area contributed by atoms with Crippen LogP contribution in [0.4, 0.5) is 0 Å². The Morgan fingerprint density at radius 2 is 2.35 bits per heavy atom. The van der Waals surface area contributed by atoms with Crippen LogP contribution >= 0.6 is 0 Å². The fourth-order valence-electron chi connectivity index (χ4n) is 2.34. The predicted octanol–water partition coefficient (Wildman–Crippen LogP) is 1.26. The van der Waals surface area contributed by atoms with E-state index in [2.05, 4.69) is 37.6 Å². The Hall–Kier alpha value is -1.62. The molecule has 2 aromatic heterocycles. The van der Waals surface area contributed by atoms with Crippen molar-refractivity contribution in [3.05, 3.63) is 24.3 Å². The third-order valence-corrected chi connectivity index (χ3v) is 3.15. The van der Waals surface area contributed by atoms with E-state index in [4.69, 9.17) is 0 Å². The topological polar surface area (TPSA) is 47.7 Å². The second-order valence-corrected chi connectivity index (χ2v) is 4.33. The molecule has 0 spiro atoms. The quantitative estimate of drug-likeness (QED) is 0.865. The van der Waals surface area contributed by atoms with Crippen molar-refractivity contribution in [2.24, 2.45) is 0 Å². The minimum absolute atomic E-state index is 0.863. The molecule has 3 heterocycles. The number of fused-ring (bicyclic) bond motifs is 1. The summed E-state index contributed by atoms with van der Waals surface area (Å²) >= 11 is 0. The summed E-state index contributed by atoms with van der Waals surface area (Å²) in [4.78, 5) is 4.47. The number of hydrogen-bond acceptors (Lipinski definition) is 3. The molecule has 3 rings (SSSR count). The van der Waals surface area contributed by atoms with Crippen LogP contribution in [0, 0.1) is 0 Å². The van der Waals surface area contributed by atoms with Crippen molar-refractivity contribution < 1.29 is 0 Å². The highest BCUT2D eigenvalue weighted by Crippen LogP contribution is 2.22. The molecule has 17 heavy (non-hydrogen) atoms. The fraction of sp³-hybridized carbons (Fsp3) is 0.500. The lowest BCUT2D eigenvalue weighted by Crippen LogP contribution is -2.28. The van der Waals surface area contributed by atoms with Crippen molar-refractivity contribution in [2.75, 3.05) is 6.54 Å². The molecule has 0 saturated heterocycles. The van der Waals surface area contributed by atoms with Gasteiger partial charge in [-0.1, -0.05) is 6.92 Å². The Balaban J connectivity index is 2.03. The zero-order valence-corrected chi connectivity index (χ0v) is 10.1. The van der Waals surface area contributed by atoms with E-state index in [0.29, 0.717) is 0 Å². The summed E-state index contributed by atoms with van der Waals surface area (Å²) in [6, 6.07) is 2.07. The molecule has 2 aromatic rings. The third-order valence-electron chi connectivity index (χ3n) is 3.15. The van der Waals surface area contributed by atoms with Crippen molar-refractivity contribution in [1.82, 2.24) is 24.6 Å². The van der Waals surface area contributed by atoms with Gasteiger partial charge in [-0.15, -0.1) is 0 Å². The number of hydrogen-bond donors (Lipinski definition) is 1. The van der Waals surface area contributed by atoms with Crippen LogP contribution in [0.15, 0.2) is 18.5 Å². The standard InChI is InChI=1S/C12H17N5/c1-2-6-17-10(3-4-15-17)11-8-14-12-9-13-5-7-16(11)12/h3-4,8,13H,2,5-7,9H2,1H3. The monoisotopic (exact) mass is 231 g/mol. The molecular formula is C12H17N5. The van der Waals surface area contributed by atoms with Gasteiger partial charge in [0.1, 0.15) is 5.82 Å². The maximum absolute atomic E-state index is 4.47. The molecule has 0 bridgehead atoms. The van der Waals surface area contributed by atoms with E-state index in [1.807, 2.05) is 12.4 Å². The van der Waals surface area contributed by atoms with Crippen LogP contribution < -0.4 is 5.32 Å². The summed E-state index contributed by atoms with van der Waals surface area (Å²) in [6.45, 7) is 5.99. The summed E-state index contributed by atoms with van der Waals surface area (Å²) in [5.41, 5.74) is 2.36. The van der Waals surface area contributed by atoms with E-state index in [0.717, 1.165) is 38.4 Å². The van der Waals surface area contributed by atoms with Crippen molar-refractivity contribution in [3.8, 4) is 11.4 Å².